The van der Waals surface area contributed by atoms with Gasteiger partial charge in [0.15, 0.2) is 0 Å². The largest absolute Gasteiger partial charge is 0.354 e. The van der Waals surface area contributed by atoms with Gasteiger partial charge in [-0.1, -0.05) is 13.8 Å². The first kappa shape index (κ1) is 17.9. The number of nitrogens with one attached hydrogen (secondary N) is 2. The second-order valence-electron chi connectivity index (χ2n) is 6.66. The van der Waals surface area contributed by atoms with Crippen LogP contribution in [0.5, 0.6) is 0 Å². The van der Waals surface area contributed by atoms with E-state index in [2.05, 4.69) is 15.5 Å². The molecule has 6 heteroatoms. The van der Waals surface area contributed by atoms with Gasteiger partial charge in [-0.3, -0.25) is 14.5 Å². The summed E-state index contributed by atoms with van der Waals surface area (Å²) in [4.78, 5) is 28.2. The lowest BCUT2D eigenvalue weighted by Crippen LogP contribution is -2.60. The number of carbonyl (C=O) groups excluding carboxylic acids is 2. The van der Waals surface area contributed by atoms with Gasteiger partial charge in [-0.05, 0) is 19.8 Å². The Kier molecular flexibility index (Phi) is 6.61. The summed E-state index contributed by atoms with van der Waals surface area (Å²) in [5, 5.41) is 6.13. The van der Waals surface area contributed by atoms with E-state index in [-0.39, 0.29) is 18.4 Å². The van der Waals surface area contributed by atoms with Gasteiger partial charge >= 0.3 is 0 Å². The average molecular weight is 298 g/mol. The van der Waals surface area contributed by atoms with Crippen LogP contribution in [-0.4, -0.2) is 73.5 Å². The van der Waals surface area contributed by atoms with E-state index >= 15 is 0 Å². The van der Waals surface area contributed by atoms with Gasteiger partial charge < -0.3 is 15.5 Å². The summed E-state index contributed by atoms with van der Waals surface area (Å²) >= 11 is 0. The fourth-order valence-corrected chi connectivity index (χ4v) is 2.49. The van der Waals surface area contributed by atoms with E-state index in [0.29, 0.717) is 12.5 Å². The molecule has 1 fully saturated rings. The van der Waals surface area contributed by atoms with E-state index in [1.54, 1.807) is 7.05 Å². The maximum atomic E-state index is 12.6. The lowest BCUT2D eigenvalue weighted by atomic mass is 9.99. The van der Waals surface area contributed by atoms with Crippen molar-refractivity contribution in [3.63, 3.8) is 0 Å². The van der Waals surface area contributed by atoms with E-state index in [1.165, 1.54) is 4.90 Å². The first-order valence-corrected chi connectivity index (χ1v) is 7.73. The third-order valence-electron chi connectivity index (χ3n) is 3.87. The van der Waals surface area contributed by atoms with Gasteiger partial charge in [-0.15, -0.1) is 0 Å². The molecular formula is C15H30N4O2. The molecule has 0 spiro atoms. The molecular weight excluding hydrogens is 268 g/mol. The summed E-state index contributed by atoms with van der Waals surface area (Å²) in [6.45, 7) is 12.2. The number of hydrogen-bond donors (Lipinski definition) is 2. The standard InChI is InChI=1S/C15H30N4O2/c1-12(2)10-17-13(20)11-18(5)14(21)15(3,4)19-8-6-16-7-9-19/h12,16H,6-11H2,1-5H3,(H,17,20). The minimum atomic E-state index is -0.574. The number of hydrogen-bond acceptors (Lipinski definition) is 4. The number of rotatable bonds is 6. The Morgan fingerprint density at radius 3 is 2.38 bits per heavy atom. The summed E-state index contributed by atoms with van der Waals surface area (Å²) in [7, 11) is 1.70. The molecule has 1 aliphatic heterocycles. The molecule has 0 saturated carbocycles. The summed E-state index contributed by atoms with van der Waals surface area (Å²) < 4.78 is 0. The van der Waals surface area contributed by atoms with Gasteiger partial charge in [0.25, 0.3) is 0 Å². The topological polar surface area (TPSA) is 64.7 Å². The highest BCUT2D eigenvalue weighted by Gasteiger charge is 2.37. The van der Waals surface area contributed by atoms with Crippen molar-refractivity contribution in [1.29, 1.82) is 0 Å². The second-order valence-corrected chi connectivity index (χ2v) is 6.66. The molecule has 1 rings (SSSR count). The second kappa shape index (κ2) is 7.75. The predicted molar refractivity (Wildman–Crippen MR) is 84.0 cm³/mol. The van der Waals surface area contributed by atoms with Gasteiger partial charge in [0, 0.05) is 39.8 Å². The van der Waals surface area contributed by atoms with Crippen LogP contribution in [0.4, 0.5) is 0 Å². The van der Waals surface area contributed by atoms with Gasteiger partial charge in [0.1, 0.15) is 0 Å². The Morgan fingerprint density at radius 1 is 1.29 bits per heavy atom. The quantitative estimate of drug-likeness (QED) is 0.719. The summed E-state index contributed by atoms with van der Waals surface area (Å²) in [5.74, 6) is 0.298. The highest BCUT2D eigenvalue weighted by Crippen LogP contribution is 2.17. The molecule has 0 aromatic rings. The van der Waals surface area contributed by atoms with Crippen molar-refractivity contribution in [2.24, 2.45) is 5.92 Å². The Labute approximate surface area is 128 Å². The van der Waals surface area contributed by atoms with E-state index < -0.39 is 5.54 Å². The molecule has 0 aromatic heterocycles. The van der Waals surface area contributed by atoms with Crippen LogP contribution in [-0.2, 0) is 9.59 Å². The Hall–Kier alpha value is -1.14. The Bertz CT molecular complexity index is 363. The van der Waals surface area contributed by atoms with E-state index in [9.17, 15) is 9.59 Å². The zero-order chi connectivity index (χ0) is 16.0. The lowest BCUT2D eigenvalue weighted by Gasteiger charge is -2.41. The summed E-state index contributed by atoms with van der Waals surface area (Å²) in [6.07, 6.45) is 0. The molecule has 122 valence electrons. The lowest BCUT2D eigenvalue weighted by molar-refractivity contribution is -0.144. The van der Waals surface area contributed by atoms with Crippen LogP contribution >= 0.6 is 0 Å². The summed E-state index contributed by atoms with van der Waals surface area (Å²) in [6, 6.07) is 0. The maximum absolute atomic E-state index is 12.6. The third kappa shape index (κ3) is 5.28. The van der Waals surface area contributed by atoms with Crippen LogP contribution in [0.3, 0.4) is 0 Å². The fourth-order valence-electron chi connectivity index (χ4n) is 2.49. The Morgan fingerprint density at radius 2 is 1.86 bits per heavy atom. The van der Waals surface area contributed by atoms with Gasteiger partial charge in [-0.2, -0.15) is 0 Å². The number of likely N-dealkylation sites (N-methyl/N-ethyl adjacent to an activating group) is 1. The van der Waals surface area contributed by atoms with Crippen LogP contribution in [0.15, 0.2) is 0 Å². The monoisotopic (exact) mass is 298 g/mol. The molecule has 2 N–H and O–H groups in total. The molecule has 0 unspecified atom stereocenters. The molecule has 0 atom stereocenters. The maximum Gasteiger partial charge on any atom is 0.242 e. The van der Waals surface area contributed by atoms with Crippen molar-refractivity contribution >= 4 is 11.8 Å². The normalized spacial score (nSPS) is 16.9. The smallest absolute Gasteiger partial charge is 0.242 e. The van der Waals surface area contributed by atoms with Gasteiger partial charge in [0.2, 0.25) is 11.8 Å². The average Bonchev–Trinajstić information content (AvgIpc) is 2.45. The number of carbonyl (C=O) groups is 2. The number of piperazine rings is 1. The van der Waals surface area contributed by atoms with E-state index in [1.807, 2.05) is 27.7 Å². The van der Waals surface area contributed by atoms with Crippen LogP contribution in [0.1, 0.15) is 27.7 Å². The van der Waals surface area contributed by atoms with Crippen LogP contribution < -0.4 is 10.6 Å². The van der Waals surface area contributed by atoms with Crippen LogP contribution in [0.25, 0.3) is 0 Å². The van der Waals surface area contributed by atoms with Crippen molar-refractivity contribution in [1.82, 2.24) is 20.4 Å². The fraction of sp³-hybridized carbons (Fsp3) is 0.867. The van der Waals surface area contributed by atoms with Gasteiger partial charge in [0.05, 0.1) is 12.1 Å². The zero-order valence-corrected chi connectivity index (χ0v) is 14.0. The van der Waals surface area contributed by atoms with Crippen molar-refractivity contribution in [2.45, 2.75) is 33.2 Å². The minimum Gasteiger partial charge on any atom is -0.354 e. The highest BCUT2D eigenvalue weighted by molar-refractivity contribution is 5.89. The molecule has 6 nitrogen and oxygen atoms in total. The van der Waals surface area contributed by atoms with Crippen LogP contribution in [0.2, 0.25) is 0 Å². The predicted octanol–water partition coefficient (Wildman–Crippen LogP) is -0.0992. The van der Waals surface area contributed by atoms with Gasteiger partial charge in [-0.25, -0.2) is 0 Å². The molecule has 0 aliphatic carbocycles. The SMILES string of the molecule is CC(C)CNC(=O)CN(C)C(=O)C(C)(C)N1CCNCC1. The minimum absolute atomic E-state index is 0.0101. The molecule has 21 heavy (non-hydrogen) atoms. The molecule has 1 aliphatic rings. The molecule has 1 saturated heterocycles. The molecule has 0 bridgehead atoms. The molecule has 0 aromatic carbocycles. The summed E-state index contributed by atoms with van der Waals surface area (Å²) in [5.41, 5.74) is -0.574. The van der Waals surface area contributed by atoms with E-state index in [0.717, 1.165) is 26.2 Å². The highest BCUT2D eigenvalue weighted by atomic mass is 16.2. The number of amides is 2. The number of nitrogens with zero attached hydrogens (tertiary/aromatic N) is 2. The first-order chi connectivity index (χ1) is 9.75. The third-order valence-corrected chi connectivity index (χ3v) is 3.87. The zero-order valence-electron chi connectivity index (χ0n) is 14.0. The first-order valence-electron chi connectivity index (χ1n) is 7.73. The van der Waals surface area contributed by atoms with Crippen molar-refractivity contribution < 1.29 is 9.59 Å². The van der Waals surface area contributed by atoms with Crippen molar-refractivity contribution in [3.8, 4) is 0 Å². The molecule has 1 heterocycles. The van der Waals surface area contributed by atoms with Crippen molar-refractivity contribution in [2.75, 3.05) is 46.3 Å². The molecule has 2 amide bonds. The van der Waals surface area contributed by atoms with Crippen LogP contribution in [0, 0.1) is 5.92 Å². The molecule has 0 radical (unpaired) electrons. The Balaban J connectivity index is 2.53. The van der Waals surface area contributed by atoms with E-state index in [4.69, 9.17) is 0 Å². The van der Waals surface area contributed by atoms with Crippen molar-refractivity contribution in [3.05, 3.63) is 0 Å².